The van der Waals surface area contributed by atoms with Crippen molar-refractivity contribution in [3.8, 4) is 0 Å². The molecule has 0 saturated carbocycles. The van der Waals surface area contributed by atoms with Gasteiger partial charge in [0.1, 0.15) is 0 Å². The van der Waals surface area contributed by atoms with Crippen LogP contribution in [0.4, 0.5) is 11.4 Å². The number of allylic oxidation sites excluding steroid dienone is 2. The largest absolute Gasteiger partial charge is 0.289 e. The van der Waals surface area contributed by atoms with Crippen LogP contribution in [-0.4, -0.2) is 12.1 Å². The van der Waals surface area contributed by atoms with Crippen molar-refractivity contribution in [1.82, 2.24) is 0 Å². The summed E-state index contributed by atoms with van der Waals surface area (Å²) in [5, 5.41) is 0. The Hall–Kier alpha value is -2.13. The Labute approximate surface area is 129 Å². The summed E-state index contributed by atoms with van der Waals surface area (Å²) < 4.78 is 4.77. The van der Waals surface area contributed by atoms with Crippen molar-refractivity contribution in [3.63, 3.8) is 0 Å². The summed E-state index contributed by atoms with van der Waals surface area (Å²) in [6.07, 6.45) is 8.86. The fourth-order valence-electron chi connectivity index (χ4n) is 2.81. The molecule has 0 N–H and O–H groups in total. The van der Waals surface area contributed by atoms with Gasteiger partial charge in [-0.1, -0.05) is 60.7 Å². The SMILES string of the molecule is C1=CC2C(C=C1)N(c1ccccc1)SN2c1ccccc1. The average Bonchev–Trinajstić information content (AvgIpc) is 2.96. The zero-order chi connectivity index (χ0) is 14.1. The van der Waals surface area contributed by atoms with E-state index in [1.807, 2.05) is 0 Å². The first-order valence-corrected chi connectivity index (χ1v) is 7.88. The molecule has 2 aromatic rings. The molecule has 1 saturated heterocycles. The zero-order valence-electron chi connectivity index (χ0n) is 11.5. The van der Waals surface area contributed by atoms with Gasteiger partial charge >= 0.3 is 0 Å². The molecular formula is C18H16N2S. The summed E-state index contributed by atoms with van der Waals surface area (Å²) in [7, 11) is 0. The highest BCUT2D eigenvalue weighted by atomic mass is 32.2. The van der Waals surface area contributed by atoms with E-state index >= 15 is 0 Å². The minimum absolute atomic E-state index is 0.364. The van der Waals surface area contributed by atoms with Gasteiger partial charge in [-0.15, -0.1) is 0 Å². The van der Waals surface area contributed by atoms with E-state index < -0.39 is 0 Å². The molecule has 4 rings (SSSR count). The van der Waals surface area contributed by atoms with Crippen LogP contribution in [0.3, 0.4) is 0 Å². The van der Waals surface area contributed by atoms with Crippen LogP contribution in [0.15, 0.2) is 85.0 Å². The number of nitrogens with zero attached hydrogens (tertiary/aromatic N) is 2. The van der Waals surface area contributed by atoms with Crippen molar-refractivity contribution in [2.75, 3.05) is 8.61 Å². The summed E-state index contributed by atoms with van der Waals surface area (Å²) >= 11 is 1.79. The normalized spacial score (nSPS) is 23.4. The van der Waals surface area contributed by atoms with Crippen molar-refractivity contribution < 1.29 is 0 Å². The summed E-state index contributed by atoms with van der Waals surface area (Å²) in [6.45, 7) is 0. The van der Waals surface area contributed by atoms with E-state index in [2.05, 4.69) is 93.6 Å². The van der Waals surface area contributed by atoms with Crippen molar-refractivity contribution in [2.24, 2.45) is 0 Å². The van der Waals surface area contributed by atoms with Crippen LogP contribution in [-0.2, 0) is 0 Å². The highest BCUT2D eigenvalue weighted by molar-refractivity contribution is 8.02. The molecule has 104 valence electrons. The maximum atomic E-state index is 2.39. The second-order valence-electron chi connectivity index (χ2n) is 5.16. The number of hydrogen-bond acceptors (Lipinski definition) is 3. The Morgan fingerprint density at radius 1 is 0.619 bits per heavy atom. The van der Waals surface area contributed by atoms with Crippen molar-refractivity contribution in [2.45, 2.75) is 12.1 Å². The van der Waals surface area contributed by atoms with Crippen LogP contribution in [0, 0.1) is 0 Å². The molecule has 1 fully saturated rings. The summed E-state index contributed by atoms with van der Waals surface area (Å²) in [5.41, 5.74) is 2.49. The van der Waals surface area contributed by atoms with Crippen molar-refractivity contribution in [1.29, 1.82) is 0 Å². The van der Waals surface area contributed by atoms with Crippen molar-refractivity contribution in [3.05, 3.63) is 85.0 Å². The van der Waals surface area contributed by atoms with E-state index in [4.69, 9.17) is 0 Å². The average molecular weight is 292 g/mol. The number of rotatable bonds is 2. The van der Waals surface area contributed by atoms with Gasteiger partial charge in [0.05, 0.1) is 24.2 Å². The first kappa shape index (κ1) is 12.6. The van der Waals surface area contributed by atoms with Gasteiger partial charge in [-0.3, -0.25) is 8.61 Å². The second-order valence-corrected chi connectivity index (χ2v) is 6.11. The third kappa shape index (κ3) is 2.24. The topological polar surface area (TPSA) is 6.48 Å². The number of para-hydroxylation sites is 2. The monoisotopic (exact) mass is 292 g/mol. The quantitative estimate of drug-likeness (QED) is 0.756. The van der Waals surface area contributed by atoms with E-state index in [1.165, 1.54) is 11.4 Å². The van der Waals surface area contributed by atoms with Crippen LogP contribution >= 0.6 is 12.1 Å². The summed E-state index contributed by atoms with van der Waals surface area (Å²) in [5.74, 6) is 0. The van der Waals surface area contributed by atoms with Gasteiger partial charge in [-0.25, -0.2) is 0 Å². The predicted molar refractivity (Wildman–Crippen MR) is 91.3 cm³/mol. The molecule has 2 aromatic carbocycles. The molecule has 2 nitrogen and oxygen atoms in total. The highest BCUT2D eigenvalue weighted by Gasteiger charge is 2.39. The minimum Gasteiger partial charge on any atom is -0.289 e. The van der Waals surface area contributed by atoms with Gasteiger partial charge in [0.25, 0.3) is 0 Å². The van der Waals surface area contributed by atoms with Crippen LogP contribution in [0.2, 0.25) is 0 Å². The summed E-state index contributed by atoms with van der Waals surface area (Å²) in [4.78, 5) is 0. The molecule has 1 heterocycles. The Bertz CT molecular complexity index is 607. The number of benzene rings is 2. The second kappa shape index (κ2) is 5.34. The Kier molecular flexibility index (Phi) is 3.20. The smallest absolute Gasteiger partial charge is 0.0856 e. The standard InChI is InChI=1S/C18H16N2S/c1-3-9-15(10-4-1)19-17-13-7-8-14-18(17)20(21-19)16-11-5-2-6-12-16/h1-14,17-18H. The lowest BCUT2D eigenvalue weighted by Gasteiger charge is -2.24. The van der Waals surface area contributed by atoms with Crippen LogP contribution in [0.1, 0.15) is 0 Å². The molecule has 2 aliphatic rings. The number of hydrogen-bond donors (Lipinski definition) is 0. The minimum atomic E-state index is 0.364. The molecule has 21 heavy (non-hydrogen) atoms. The van der Waals surface area contributed by atoms with Gasteiger partial charge in [0.15, 0.2) is 0 Å². The first-order valence-electron chi connectivity index (χ1n) is 7.15. The lowest BCUT2D eigenvalue weighted by atomic mass is 10.0. The first-order chi connectivity index (χ1) is 10.4. The molecule has 2 atom stereocenters. The van der Waals surface area contributed by atoms with E-state index in [0.717, 1.165) is 0 Å². The van der Waals surface area contributed by atoms with E-state index in [-0.39, 0.29) is 0 Å². The van der Waals surface area contributed by atoms with E-state index in [9.17, 15) is 0 Å². The van der Waals surface area contributed by atoms with Gasteiger partial charge in [-0.2, -0.15) is 0 Å². The number of anilines is 2. The molecule has 1 aliphatic heterocycles. The predicted octanol–water partition coefficient (Wildman–Crippen LogP) is 4.44. The highest BCUT2D eigenvalue weighted by Crippen LogP contribution is 2.43. The molecule has 0 bridgehead atoms. The van der Waals surface area contributed by atoms with Crippen LogP contribution in [0.5, 0.6) is 0 Å². The van der Waals surface area contributed by atoms with Gasteiger partial charge in [0.2, 0.25) is 0 Å². The lowest BCUT2D eigenvalue weighted by Crippen LogP contribution is -2.35. The molecule has 0 spiro atoms. The maximum Gasteiger partial charge on any atom is 0.0856 e. The van der Waals surface area contributed by atoms with Gasteiger partial charge < -0.3 is 0 Å². The van der Waals surface area contributed by atoms with Gasteiger partial charge in [-0.05, 0) is 24.3 Å². The maximum absolute atomic E-state index is 2.39. The Balaban J connectivity index is 1.72. The molecule has 0 radical (unpaired) electrons. The third-order valence-electron chi connectivity index (χ3n) is 3.82. The Morgan fingerprint density at radius 3 is 1.48 bits per heavy atom. The van der Waals surface area contributed by atoms with Crippen molar-refractivity contribution >= 4 is 23.5 Å². The number of fused-ring (bicyclic) bond motifs is 1. The van der Waals surface area contributed by atoms with E-state index in [0.29, 0.717) is 12.1 Å². The van der Waals surface area contributed by atoms with Crippen LogP contribution in [0.25, 0.3) is 0 Å². The molecule has 2 unspecified atom stereocenters. The molecule has 1 aliphatic carbocycles. The third-order valence-corrected chi connectivity index (χ3v) is 5.08. The van der Waals surface area contributed by atoms with Gasteiger partial charge in [0, 0.05) is 11.4 Å². The Morgan fingerprint density at radius 2 is 1.05 bits per heavy atom. The van der Waals surface area contributed by atoms with E-state index in [1.54, 1.807) is 12.1 Å². The van der Waals surface area contributed by atoms with Crippen LogP contribution < -0.4 is 8.61 Å². The molecule has 3 heteroatoms. The molecular weight excluding hydrogens is 276 g/mol. The molecule has 0 aromatic heterocycles. The lowest BCUT2D eigenvalue weighted by molar-refractivity contribution is 0.745. The fraction of sp³-hybridized carbons (Fsp3) is 0.111. The fourth-order valence-corrected chi connectivity index (χ4v) is 4.04. The zero-order valence-corrected chi connectivity index (χ0v) is 12.4. The summed E-state index contributed by atoms with van der Waals surface area (Å²) in [6, 6.07) is 21.9. The molecule has 0 amide bonds.